The van der Waals surface area contributed by atoms with Crippen molar-refractivity contribution in [3.63, 3.8) is 0 Å². The van der Waals surface area contributed by atoms with Crippen LogP contribution in [0.2, 0.25) is 0 Å². The summed E-state index contributed by atoms with van der Waals surface area (Å²) in [5.41, 5.74) is 8.69. The third-order valence-electron chi connectivity index (χ3n) is 3.13. The number of hydrogen-bond donors (Lipinski definition) is 2. The molecule has 0 fully saturated rings. The quantitative estimate of drug-likeness (QED) is 0.883. The Morgan fingerprint density at radius 2 is 2.21 bits per heavy atom. The third kappa shape index (κ3) is 2.14. The Labute approximate surface area is 111 Å². The zero-order chi connectivity index (χ0) is 13.2. The van der Waals surface area contributed by atoms with Gasteiger partial charge in [-0.1, -0.05) is 12.1 Å². The first kappa shape index (κ1) is 11.6. The SMILES string of the molecule is Cc1ccnc(NCc2cccc3c2OCO3)c1N. The van der Waals surface area contributed by atoms with Crippen molar-refractivity contribution in [2.45, 2.75) is 13.5 Å². The maximum atomic E-state index is 5.98. The fraction of sp³-hybridized carbons (Fsp3) is 0.214. The van der Waals surface area contributed by atoms with Gasteiger partial charge in [0.2, 0.25) is 6.79 Å². The number of hydrogen-bond acceptors (Lipinski definition) is 5. The lowest BCUT2D eigenvalue weighted by atomic mass is 10.2. The van der Waals surface area contributed by atoms with Crippen molar-refractivity contribution in [2.24, 2.45) is 0 Å². The van der Waals surface area contributed by atoms with Gasteiger partial charge in [-0.3, -0.25) is 0 Å². The van der Waals surface area contributed by atoms with Crippen LogP contribution in [0.4, 0.5) is 11.5 Å². The van der Waals surface area contributed by atoms with Gasteiger partial charge in [0.1, 0.15) is 5.82 Å². The van der Waals surface area contributed by atoms with Gasteiger partial charge in [-0.15, -0.1) is 0 Å². The molecule has 0 spiro atoms. The monoisotopic (exact) mass is 257 g/mol. The standard InChI is InChI=1S/C14H15N3O2/c1-9-5-6-16-14(12(9)15)17-7-10-3-2-4-11-13(10)19-8-18-11/h2-6H,7-8,15H2,1H3,(H,16,17). The van der Waals surface area contributed by atoms with E-state index < -0.39 is 0 Å². The summed E-state index contributed by atoms with van der Waals surface area (Å²) in [5.74, 6) is 2.27. The van der Waals surface area contributed by atoms with E-state index in [9.17, 15) is 0 Å². The molecule has 0 amide bonds. The average molecular weight is 257 g/mol. The molecule has 1 aliphatic heterocycles. The second kappa shape index (κ2) is 4.68. The summed E-state index contributed by atoms with van der Waals surface area (Å²) < 4.78 is 10.8. The molecule has 98 valence electrons. The van der Waals surface area contributed by atoms with Crippen molar-refractivity contribution in [1.82, 2.24) is 4.98 Å². The molecule has 0 saturated heterocycles. The number of fused-ring (bicyclic) bond motifs is 1. The summed E-state index contributed by atoms with van der Waals surface area (Å²) in [6, 6.07) is 7.72. The van der Waals surface area contributed by atoms with Crippen molar-refractivity contribution >= 4 is 11.5 Å². The molecule has 0 aliphatic carbocycles. The number of rotatable bonds is 3. The van der Waals surface area contributed by atoms with Gasteiger partial charge in [0.05, 0.1) is 5.69 Å². The summed E-state index contributed by atoms with van der Waals surface area (Å²) in [5, 5.41) is 3.23. The molecule has 5 heteroatoms. The summed E-state index contributed by atoms with van der Waals surface area (Å²) >= 11 is 0. The van der Waals surface area contributed by atoms with Gasteiger partial charge in [0, 0.05) is 18.3 Å². The van der Waals surface area contributed by atoms with Crippen LogP contribution in [0.3, 0.4) is 0 Å². The zero-order valence-corrected chi connectivity index (χ0v) is 10.6. The highest BCUT2D eigenvalue weighted by Gasteiger charge is 2.17. The number of nitrogens with one attached hydrogen (secondary N) is 1. The lowest BCUT2D eigenvalue weighted by Gasteiger charge is -2.11. The molecule has 3 rings (SSSR count). The van der Waals surface area contributed by atoms with Gasteiger partial charge in [-0.25, -0.2) is 4.98 Å². The van der Waals surface area contributed by atoms with Crippen LogP contribution in [0.15, 0.2) is 30.5 Å². The number of nitrogens with zero attached hydrogens (tertiary/aromatic N) is 1. The first-order valence-corrected chi connectivity index (χ1v) is 6.08. The van der Waals surface area contributed by atoms with Gasteiger partial charge in [0.25, 0.3) is 0 Å². The van der Waals surface area contributed by atoms with Gasteiger partial charge in [-0.05, 0) is 24.6 Å². The molecule has 2 heterocycles. The fourth-order valence-electron chi connectivity index (χ4n) is 2.02. The molecule has 1 aromatic carbocycles. The smallest absolute Gasteiger partial charge is 0.231 e. The molecule has 1 aromatic heterocycles. The van der Waals surface area contributed by atoms with Crippen molar-refractivity contribution in [3.8, 4) is 11.5 Å². The van der Waals surface area contributed by atoms with Gasteiger partial charge in [0.15, 0.2) is 11.5 Å². The Morgan fingerprint density at radius 1 is 1.32 bits per heavy atom. The maximum Gasteiger partial charge on any atom is 0.231 e. The van der Waals surface area contributed by atoms with Crippen LogP contribution in [0.5, 0.6) is 11.5 Å². The highest BCUT2D eigenvalue weighted by Crippen LogP contribution is 2.35. The molecule has 0 radical (unpaired) electrons. The van der Waals surface area contributed by atoms with Crippen LogP contribution in [0.25, 0.3) is 0 Å². The molecule has 0 saturated carbocycles. The van der Waals surface area contributed by atoms with Gasteiger partial charge in [-0.2, -0.15) is 0 Å². The van der Waals surface area contributed by atoms with Crippen molar-refractivity contribution < 1.29 is 9.47 Å². The van der Waals surface area contributed by atoms with E-state index in [4.69, 9.17) is 15.2 Å². The summed E-state index contributed by atoms with van der Waals surface area (Å²) in [6.07, 6.45) is 1.74. The predicted molar refractivity (Wildman–Crippen MR) is 73.3 cm³/mol. The molecular weight excluding hydrogens is 242 g/mol. The van der Waals surface area contributed by atoms with Crippen LogP contribution in [0.1, 0.15) is 11.1 Å². The maximum absolute atomic E-state index is 5.98. The number of para-hydroxylation sites is 1. The van der Waals surface area contributed by atoms with E-state index in [1.165, 1.54) is 0 Å². The zero-order valence-electron chi connectivity index (χ0n) is 10.6. The Balaban J connectivity index is 1.80. The minimum absolute atomic E-state index is 0.275. The Kier molecular flexibility index (Phi) is 2.87. The van der Waals surface area contributed by atoms with E-state index in [1.807, 2.05) is 31.2 Å². The number of ether oxygens (including phenoxy) is 2. The van der Waals surface area contributed by atoms with E-state index in [0.29, 0.717) is 18.1 Å². The molecule has 19 heavy (non-hydrogen) atoms. The first-order chi connectivity index (χ1) is 9.25. The molecular formula is C14H15N3O2. The topological polar surface area (TPSA) is 69.4 Å². The Morgan fingerprint density at radius 3 is 3.11 bits per heavy atom. The van der Waals surface area contributed by atoms with E-state index >= 15 is 0 Å². The van der Waals surface area contributed by atoms with Crippen molar-refractivity contribution in [3.05, 3.63) is 41.6 Å². The molecule has 0 unspecified atom stereocenters. The molecule has 0 bridgehead atoms. The number of aromatic nitrogens is 1. The first-order valence-electron chi connectivity index (χ1n) is 6.08. The number of nitrogen functional groups attached to an aromatic ring is 1. The fourth-order valence-corrected chi connectivity index (χ4v) is 2.02. The average Bonchev–Trinajstić information content (AvgIpc) is 2.89. The second-order valence-electron chi connectivity index (χ2n) is 4.39. The number of benzene rings is 1. The van der Waals surface area contributed by atoms with E-state index in [-0.39, 0.29) is 6.79 Å². The highest BCUT2D eigenvalue weighted by atomic mass is 16.7. The lowest BCUT2D eigenvalue weighted by molar-refractivity contribution is 0.173. The largest absolute Gasteiger partial charge is 0.454 e. The Hall–Kier alpha value is -2.43. The molecule has 0 atom stereocenters. The normalized spacial score (nSPS) is 12.5. The minimum Gasteiger partial charge on any atom is -0.454 e. The third-order valence-corrected chi connectivity index (χ3v) is 3.13. The predicted octanol–water partition coefficient (Wildman–Crippen LogP) is 2.31. The van der Waals surface area contributed by atoms with Crippen molar-refractivity contribution in [1.29, 1.82) is 0 Å². The van der Waals surface area contributed by atoms with Crippen LogP contribution in [0, 0.1) is 6.92 Å². The number of anilines is 2. The number of aryl methyl sites for hydroxylation is 1. The van der Waals surface area contributed by atoms with Crippen LogP contribution in [-0.4, -0.2) is 11.8 Å². The van der Waals surface area contributed by atoms with Crippen LogP contribution >= 0.6 is 0 Å². The molecule has 1 aliphatic rings. The van der Waals surface area contributed by atoms with Crippen molar-refractivity contribution in [2.75, 3.05) is 17.8 Å². The second-order valence-corrected chi connectivity index (χ2v) is 4.39. The van der Waals surface area contributed by atoms with E-state index in [0.717, 1.165) is 22.6 Å². The van der Waals surface area contributed by atoms with E-state index in [1.54, 1.807) is 6.20 Å². The molecule has 2 aromatic rings. The number of pyridine rings is 1. The summed E-state index contributed by atoms with van der Waals surface area (Å²) in [7, 11) is 0. The molecule has 3 N–H and O–H groups in total. The van der Waals surface area contributed by atoms with Crippen LogP contribution in [-0.2, 0) is 6.54 Å². The van der Waals surface area contributed by atoms with E-state index in [2.05, 4.69) is 10.3 Å². The lowest BCUT2D eigenvalue weighted by Crippen LogP contribution is -2.06. The minimum atomic E-state index is 0.275. The van der Waals surface area contributed by atoms with Crippen LogP contribution < -0.4 is 20.5 Å². The van der Waals surface area contributed by atoms with Gasteiger partial charge >= 0.3 is 0 Å². The summed E-state index contributed by atoms with van der Waals surface area (Å²) in [6.45, 7) is 2.82. The number of nitrogens with two attached hydrogens (primary N) is 1. The van der Waals surface area contributed by atoms with Gasteiger partial charge < -0.3 is 20.5 Å². The highest BCUT2D eigenvalue weighted by molar-refractivity contribution is 5.65. The molecule has 5 nitrogen and oxygen atoms in total. The Bertz CT molecular complexity index is 614. The summed E-state index contributed by atoms with van der Waals surface area (Å²) in [4.78, 5) is 4.24.